The predicted molar refractivity (Wildman–Crippen MR) is 19.3 cm³/mol. The van der Waals surface area contributed by atoms with Gasteiger partial charge >= 0.3 is 0 Å². The van der Waals surface area contributed by atoms with Gasteiger partial charge in [0.15, 0.2) is 0 Å². The van der Waals surface area contributed by atoms with Crippen LogP contribution in [-0.2, 0) is 16.5 Å². The van der Waals surface area contributed by atoms with Gasteiger partial charge in [-0.25, -0.2) is 0 Å². The first kappa shape index (κ1) is 8.82. The van der Waals surface area contributed by atoms with E-state index in [-0.39, 0.29) is 16.5 Å². The van der Waals surface area contributed by atoms with Crippen LogP contribution in [0.15, 0.2) is 0 Å². The van der Waals surface area contributed by atoms with Crippen LogP contribution in [0.4, 0.5) is 0 Å². The molecule has 28 valence electrons. The Hall–Kier alpha value is 0.584. The van der Waals surface area contributed by atoms with Crippen molar-refractivity contribution in [2.24, 2.45) is 0 Å². The second-order valence-corrected chi connectivity index (χ2v) is 0.707. The third-order valence-corrected chi connectivity index (χ3v) is 0. The van der Waals surface area contributed by atoms with Gasteiger partial charge in [-0.05, 0) is 12.3 Å². The summed E-state index contributed by atoms with van der Waals surface area (Å²) in [6, 6.07) is 0. The zero-order valence-electron chi connectivity index (χ0n) is 2.30. The topological polar surface area (TPSA) is 0 Å². The fourth-order valence-electron chi connectivity index (χ4n) is 0. The van der Waals surface area contributed by atoms with Crippen molar-refractivity contribution in [1.29, 1.82) is 0 Å². The van der Waals surface area contributed by atoms with Crippen molar-refractivity contribution < 1.29 is 16.5 Å². The van der Waals surface area contributed by atoms with Gasteiger partial charge in [0.1, 0.15) is 0 Å². The van der Waals surface area contributed by atoms with E-state index in [0.29, 0.717) is 0 Å². The van der Waals surface area contributed by atoms with Crippen LogP contribution in [0.2, 0.25) is 0 Å². The van der Waals surface area contributed by atoms with Crippen LogP contribution in [0.5, 0.6) is 0 Å². The van der Waals surface area contributed by atoms with Gasteiger partial charge in [-0.1, -0.05) is 12.2 Å². The Kier molecular flexibility index (Phi) is 21.0. The molecule has 2 heteroatoms. The third kappa shape index (κ3) is 19.0. The molecule has 0 N–H and O–H groups in total. The molecule has 0 aromatic rings. The van der Waals surface area contributed by atoms with Gasteiger partial charge in [-0.2, -0.15) is 0 Å². The summed E-state index contributed by atoms with van der Waals surface area (Å²) in [5, 5.41) is 1.58. The van der Waals surface area contributed by atoms with Crippen LogP contribution in [0.1, 0.15) is 6.92 Å². The van der Waals surface area contributed by atoms with E-state index in [1.165, 1.54) is 0 Å². The monoisotopic (exact) mass is 118 g/mol. The maximum Gasteiger partial charge on any atom is 0 e. The van der Waals surface area contributed by atoms with Crippen LogP contribution >= 0.6 is 12.2 Å². The summed E-state index contributed by atoms with van der Waals surface area (Å²) in [5.74, 6) is 0. The van der Waals surface area contributed by atoms with Crippen molar-refractivity contribution in [3.63, 3.8) is 0 Å². The Morgan fingerprint density at radius 2 is 1.75 bits per heavy atom. The summed E-state index contributed by atoms with van der Waals surface area (Å²) in [5.41, 5.74) is 0. The van der Waals surface area contributed by atoms with E-state index in [1.807, 2.05) is 6.92 Å². The van der Waals surface area contributed by atoms with Crippen LogP contribution in [0.25, 0.3) is 0 Å². The van der Waals surface area contributed by atoms with Crippen LogP contribution in [-0.4, -0.2) is 5.37 Å². The summed E-state index contributed by atoms with van der Waals surface area (Å²) in [4.78, 5) is 0. The molecule has 0 saturated carbocycles. The second-order valence-electron chi connectivity index (χ2n) is 0.236. The summed E-state index contributed by atoms with van der Waals surface area (Å²) in [7, 11) is 0. The molecule has 0 aliphatic rings. The van der Waals surface area contributed by atoms with Crippen molar-refractivity contribution >= 4 is 17.6 Å². The Bertz CT molecular complexity index is 13.5. The minimum absolute atomic E-state index is 0. The first-order valence-corrected chi connectivity index (χ1v) is 1.28. The minimum Gasteiger partial charge on any atom is -0.0938 e. The van der Waals surface area contributed by atoms with Gasteiger partial charge in [0, 0.05) is 16.5 Å². The van der Waals surface area contributed by atoms with Crippen molar-refractivity contribution in [3.8, 4) is 0 Å². The average molecular weight is 119 g/mol. The zero-order valence-corrected chi connectivity index (χ0v) is 4.11. The summed E-state index contributed by atoms with van der Waals surface area (Å²) >= 11 is 4.27. The van der Waals surface area contributed by atoms with E-state index >= 15 is 0 Å². The molecule has 0 radical (unpaired) electrons. The van der Waals surface area contributed by atoms with E-state index < -0.39 is 0 Å². The van der Waals surface area contributed by atoms with E-state index in [4.69, 9.17) is 0 Å². The molecule has 0 aliphatic heterocycles. The molecule has 0 spiro atoms. The summed E-state index contributed by atoms with van der Waals surface area (Å²) in [6.45, 7) is 1.81. The molecule has 0 aromatic heterocycles. The Morgan fingerprint density at radius 3 is 1.75 bits per heavy atom. The van der Waals surface area contributed by atoms with Gasteiger partial charge in [0.2, 0.25) is 0 Å². The molecule has 4 heavy (non-hydrogen) atoms. The number of thiocarbonyl (C=S) groups is 1. The molecular formula is C2H4NiS. The van der Waals surface area contributed by atoms with Gasteiger partial charge < -0.3 is 0 Å². The maximum absolute atomic E-state index is 4.27. The molecule has 0 amide bonds. The van der Waals surface area contributed by atoms with Gasteiger partial charge in [0.05, 0.1) is 0 Å². The summed E-state index contributed by atoms with van der Waals surface area (Å²) in [6.07, 6.45) is 0. The number of hydrogen-bond donors (Lipinski definition) is 0. The van der Waals surface area contributed by atoms with E-state index in [1.54, 1.807) is 5.37 Å². The standard InChI is InChI=1S/C2H4S.Ni/c1-2-3;/h2H,1H3;. The quantitative estimate of drug-likeness (QED) is 0.338. The summed E-state index contributed by atoms with van der Waals surface area (Å²) < 4.78 is 0. The van der Waals surface area contributed by atoms with Crippen molar-refractivity contribution in [2.75, 3.05) is 0 Å². The van der Waals surface area contributed by atoms with E-state index in [2.05, 4.69) is 12.2 Å². The molecule has 0 saturated heterocycles. The number of rotatable bonds is 0. The largest absolute Gasteiger partial charge is 0.0938 e. The van der Waals surface area contributed by atoms with Gasteiger partial charge in [-0.15, -0.1) is 0 Å². The molecular weight excluding hydrogens is 115 g/mol. The Morgan fingerprint density at radius 1 is 1.75 bits per heavy atom. The molecule has 0 unspecified atom stereocenters. The fourth-order valence-corrected chi connectivity index (χ4v) is 0. The Labute approximate surface area is 41.5 Å². The third-order valence-electron chi connectivity index (χ3n) is 0. The van der Waals surface area contributed by atoms with Gasteiger partial charge in [-0.3, -0.25) is 0 Å². The van der Waals surface area contributed by atoms with Crippen LogP contribution < -0.4 is 0 Å². The first-order chi connectivity index (χ1) is 1.41. The van der Waals surface area contributed by atoms with Crippen LogP contribution in [0, 0.1) is 0 Å². The first-order valence-electron chi connectivity index (χ1n) is 0.813. The van der Waals surface area contributed by atoms with Crippen LogP contribution in [0.3, 0.4) is 0 Å². The predicted octanol–water partition coefficient (Wildman–Crippen LogP) is 1.00. The number of hydrogen-bond acceptors (Lipinski definition) is 1. The van der Waals surface area contributed by atoms with Gasteiger partial charge in [0.25, 0.3) is 0 Å². The maximum atomic E-state index is 4.27. The van der Waals surface area contributed by atoms with E-state index in [0.717, 1.165) is 0 Å². The normalized spacial score (nSPS) is 3.25. The average Bonchev–Trinajstić information content (AvgIpc) is 0.918. The fraction of sp³-hybridized carbons (Fsp3) is 0.500. The molecule has 0 heterocycles. The Balaban J connectivity index is 0. The van der Waals surface area contributed by atoms with Crippen molar-refractivity contribution in [3.05, 3.63) is 0 Å². The SMILES string of the molecule is CC=S.[Ni]. The smallest absolute Gasteiger partial charge is 0 e. The molecule has 0 fully saturated rings. The molecule has 0 aromatic carbocycles. The molecule has 0 atom stereocenters. The second kappa shape index (κ2) is 9.54. The molecule has 0 rings (SSSR count). The zero-order chi connectivity index (χ0) is 2.71. The minimum atomic E-state index is 0. The van der Waals surface area contributed by atoms with E-state index in [9.17, 15) is 0 Å². The van der Waals surface area contributed by atoms with Crippen molar-refractivity contribution in [1.82, 2.24) is 0 Å². The molecule has 0 nitrogen and oxygen atoms in total. The molecule has 0 bridgehead atoms. The van der Waals surface area contributed by atoms with Crippen molar-refractivity contribution in [2.45, 2.75) is 6.92 Å². The molecule has 0 aliphatic carbocycles.